The fourth-order valence-electron chi connectivity index (χ4n) is 10.7. The molecule has 0 radical (unpaired) electrons. The standard InChI is InChI=1S/C30H26F3N7O2/c1-3-39-9-14(30(31,32)33)37-27(39)29-20-17-21(29)19-22(29)18(20)28(17,19)10-40-15(41)7-6-13-8-34-24(38-25(13)40)16-23(12-4-5-12)35-11-36-26(16)42-2/h6-9,11-12,17-22H,3-5,10H2,1-2H3. The van der Waals surface area contributed by atoms with Gasteiger partial charge in [0.15, 0.2) is 11.5 Å². The summed E-state index contributed by atoms with van der Waals surface area (Å²) in [6.45, 7) is 2.93. The van der Waals surface area contributed by atoms with Gasteiger partial charge in [-0.2, -0.15) is 13.2 Å². The third-order valence-corrected chi connectivity index (χ3v) is 12.0. The van der Waals surface area contributed by atoms with Crippen molar-refractivity contribution in [2.75, 3.05) is 7.11 Å². The lowest BCUT2D eigenvalue weighted by molar-refractivity contribution is -0.632. The summed E-state index contributed by atoms with van der Waals surface area (Å²) < 4.78 is 49.7. The smallest absolute Gasteiger partial charge is 0.434 e. The maximum Gasteiger partial charge on any atom is 0.434 e. The summed E-state index contributed by atoms with van der Waals surface area (Å²) >= 11 is 0. The average Bonchev–Trinajstić information content (AvgIpc) is 3.75. The quantitative estimate of drug-likeness (QED) is 0.329. The molecule has 11 rings (SSSR count). The number of pyridine rings is 1. The van der Waals surface area contributed by atoms with Gasteiger partial charge in [0.1, 0.15) is 23.4 Å². The summed E-state index contributed by atoms with van der Waals surface area (Å²) in [4.78, 5) is 35.9. The zero-order valence-corrected chi connectivity index (χ0v) is 22.8. The normalized spacial score (nSPS) is 35.9. The number of rotatable bonds is 7. The van der Waals surface area contributed by atoms with Gasteiger partial charge in [-0.15, -0.1) is 0 Å². The van der Waals surface area contributed by atoms with E-state index in [2.05, 4.69) is 19.9 Å². The highest BCUT2D eigenvalue weighted by atomic mass is 19.4. The number of halogens is 3. The predicted octanol–water partition coefficient (Wildman–Crippen LogP) is 4.06. The van der Waals surface area contributed by atoms with Gasteiger partial charge in [-0.1, -0.05) is 0 Å². The molecule has 4 aromatic rings. The molecule has 0 aromatic carbocycles. The lowest BCUT2D eigenvalue weighted by Gasteiger charge is -3.11. The Balaban J connectivity index is 1.02. The van der Waals surface area contributed by atoms with Crippen molar-refractivity contribution in [3.8, 4) is 17.3 Å². The lowest BCUT2D eigenvalue weighted by Crippen LogP contribution is -3.11. The minimum atomic E-state index is -4.44. The zero-order chi connectivity index (χ0) is 28.5. The van der Waals surface area contributed by atoms with Crippen molar-refractivity contribution in [3.63, 3.8) is 0 Å². The number of fused-ring (bicyclic) bond motifs is 1. The van der Waals surface area contributed by atoms with E-state index in [1.54, 1.807) is 34.6 Å². The number of alkyl halides is 3. The van der Waals surface area contributed by atoms with Crippen LogP contribution >= 0.6 is 0 Å². The van der Waals surface area contributed by atoms with E-state index in [1.165, 1.54) is 12.5 Å². The predicted molar refractivity (Wildman–Crippen MR) is 141 cm³/mol. The number of aromatic nitrogens is 7. The Morgan fingerprint density at radius 1 is 1.02 bits per heavy atom. The summed E-state index contributed by atoms with van der Waals surface area (Å²) in [7, 11) is 1.56. The second-order valence-corrected chi connectivity index (χ2v) is 13.1. The van der Waals surface area contributed by atoms with Gasteiger partial charge in [-0.25, -0.2) is 24.9 Å². The molecule has 42 heavy (non-hydrogen) atoms. The first-order valence-electron chi connectivity index (χ1n) is 14.7. The van der Waals surface area contributed by atoms with Crippen LogP contribution in [0.15, 0.2) is 35.6 Å². The van der Waals surface area contributed by atoms with E-state index in [1.807, 2.05) is 6.92 Å². The van der Waals surface area contributed by atoms with Gasteiger partial charge in [0, 0.05) is 48.3 Å². The molecule has 0 N–H and O–H groups in total. The summed E-state index contributed by atoms with van der Waals surface area (Å²) in [5.41, 5.74) is 1.08. The maximum absolute atomic E-state index is 13.5. The van der Waals surface area contributed by atoms with Gasteiger partial charge < -0.3 is 9.30 Å². The molecule has 4 aromatic heterocycles. The van der Waals surface area contributed by atoms with Crippen LogP contribution in [0.1, 0.15) is 42.9 Å². The van der Waals surface area contributed by atoms with Crippen molar-refractivity contribution in [3.05, 3.63) is 58.4 Å². The van der Waals surface area contributed by atoms with Crippen LogP contribution < -0.4 is 10.3 Å². The van der Waals surface area contributed by atoms with Crippen LogP contribution in [0.3, 0.4) is 0 Å². The second-order valence-electron chi connectivity index (χ2n) is 13.1. The van der Waals surface area contributed by atoms with Gasteiger partial charge in [-0.05, 0) is 66.8 Å². The van der Waals surface area contributed by atoms with E-state index >= 15 is 0 Å². The monoisotopic (exact) mass is 573 g/mol. The van der Waals surface area contributed by atoms with E-state index in [-0.39, 0.29) is 16.4 Å². The van der Waals surface area contributed by atoms with Crippen molar-refractivity contribution in [1.82, 2.24) is 34.1 Å². The summed E-state index contributed by atoms with van der Waals surface area (Å²) in [5.74, 6) is 4.23. The second kappa shape index (κ2) is 7.03. The number of hydrogen-bond donors (Lipinski definition) is 0. The highest BCUT2D eigenvalue weighted by molar-refractivity contribution is 5.78. The molecule has 0 spiro atoms. The summed E-state index contributed by atoms with van der Waals surface area (Å²) in [6, 6.07) is 3.34. The molecular weight excluding hydrogens is 547 g/mol. The summed E-state index contributed by atoms with van der Waals surface area (Å²) in [5, 5.41) is 0.778. The minimum Gasteiger partial charge on any atom is -0.480 e. The molecule has 7 saturated carbocycles. The van der Waals surface area contributed by atoms with Gasteiger partial charge in [0.2, 0.25) is 5.88 Å². The molecular formula is C30H26F3N7O2. The van der Waals surface area contributed by atoms with E-state index in [0.717, 1.165) is 23.9 Å². The topological polar surface area (TPSA) is 101 Å². The highest BCUT2D eigenvalue weighted by Gasteiger charge is 3.10. The first-order chi connectivity index (χ1) is 20.3. The Bertz CT molecular complexity index is 1890. The van der Waals surface area contributed by atoms with Gasteiger partial charge in [0.05, 0.1) is 12.8 Å². The molecule has 4 heterocycles. The first-order valence-corrected chi connectivity index (χ1v) is 14.7. The van der Waals surface area contributed by atoms with Crippen LogP contribution in [0.25, 0.3) is 22.4 Å². The third-order valence-electron chi connectivity index (χ3n) is 12.0. The van der Waals surface area contributed by atoms with Crippen LogP contribution in [0.2, 0.25) is 0 Å². The molecule has 7 aliphatic rings. The van der Waals surface area contributed by atoms with Gasteiger partial charge in [0.25, 0.3) is 5.56 Å². The number of aryl methyl sites for hydroxylation is 1. The Hall–Kier alpha value is -3.83. The highest BCUT2D eigenvalue weighted by Crippen LogP contribution is 3.10. The molecule has 7 aliphatic carbocycles. The fourth-order valence-corrected chi connectivity index (χ4v) is 10.7. The number of ether oxygens (including phenoxy) is 1. The lowest BCUT2D eigenvalue weighted by atomic mass is 8.92. The van der Waals surface area contributed by atoms with Crippen molar-refractivity contribution in [1.29, 1.82) is 0 Å². The van der Waals surface area contributed by atoms with Crippen LogP contribution in [0, 0.1) is 40.9 Å². The molecule has 7 fully saturated rings. The Labute approximate surface area is 237 Å². The van der Waals surface area contributed by atoms with E-state index in [0.29, 0.717) is 83.3 Å². The van der Waals surface area contributed by atoms with Crippen molar-refractivity contribution in [2.45, 2.75) is 50.4 Å². The molecule has 0 amide bonds. The van der Waals surface area contributed by atoms with Crippen LogP contribution in [0.5, 0.6) is 5.88 Å². The third kappa shape index (κ3) is 2.28. The maximum atomic E-state index is 13.5. The number of methoxy groups -OCH3 is 1. The fraction of sp³-hybridized carbons (Fsp3) is 0.533. The minimum absolute atomic E-state index is 0.0359. The van der Waals surface area contributed by atoms with Crippen LogP contribution in [-0.4, -0.2) is 41.2 Å². The summed E-state index contributed by atoms with van der Waals surface area (Å²) in [6.07, 6.45) is 2.07. The van der Waals surface area contributed by atoms with Crippen LogP contribution in [0.4, 0.5) is 13.2 Å². The zero-order valence-electron chi connectivity index (χ0n) is 22.8. The molecule has 0 saturated heterocycles. The number of imidazole rings is 1. The Morgan fingerprint density at radius 2 is 1.76 bits per heavy atom. The Morgan fingerprint density at radius 3 is 2.40 bits per heavy atom. The molecule has 0 unspecified atom stereocenters. The van der Waals surface area contributed by atoms with Crippen LogP contribution in [-0.2, 0) is 24.7 Å². The molecule has 0 atom stereocenters. The van der Waals surface area contributed by atoms with E-state index in [9.17, 15) is 18.0 Å². The molecule has 9 nitrogen and oxygen atoms in total. The largest absolute Gasteiger partial charge is 0.480 e. The van der Waals surface area contributed by atoms with Gasteiger partial charge in [-0.3, -0.25) is 9.36 Å². The molecule has 214 valence electrons. The van der Waals surface area contributed by atoms with Gasteiger partial charge >= 0.3 is 6.18 Å². The van der Waals surface area contributed by atoms with E-state index < -0.39 is 11.9 Å². The first kappa shape index (κ1) is 23.7. The van der Waals surface area contributed by atoms with Crippen molar-refractivity contribution < 1.29 is 17.9 Å². The number of nitrogens with zero attached hydrogens (tertiary/aromatic N) is 7. The number of hydrogen-bond acceptors (Lipinski definition) is 7. The molecule has 0 aliphatic heterocycles. The average molecular weight is 574 g/mol. The van der Waals surface area contributed by atoms with Crippen molar-refractivity contribution in [2.24, 2.45) is 40.9 Å². The van der Waals surface area contributed by atoms with Crippen molar-refractivity contribution >= 4 is 11.0 Å². The molecule has 12 heteroatoms. The SMILES string of the molecule is CCn1cc(C(F)(F)F)nc1C12C3C4C1C1C2C3C41Cn1c(=O)ccc2cnc(-c3c(OC)ncnc3C3CC3)nc21. The molecule has 0 bridgehead atoms. The Kier molecular flexibility index (Phi) is 3.97. The van der Waals surface area contributed by atoms with E-state index in [4.69, 9.17) is 9.72 Å².